The Morgan fingerprint density at radius 1 is 1.03 bits per heavy atom. The highest BCUT2D eigenvalue weighted by Crippen LogP contribution is 2.46. The van der Waals surface area contributed by atoms with Crippen LogP contribution in [0.3, 0.4) is 0 Å². The Morgan fingerprint density at radius 3 is 2.44 bits per heavy atom. The largest absolute Gasteiger partial charge is 0.410 e. The van der Waals surface area contributed by atoms with Crippen LogP contribution in [0, 0.1) is 36.2 Å². The minimum atomic E-state index is -4.60. The van der Waals surface area contributed by atoms with Gasteiger partial charge in [0, 0.05) is 37.5 Å². The van der Waals surface area contributed by atoms with Crippen LogP contribution in [0.5, 0.6) is 0 Å². The lowest BCUT2D eigenvalue weighted by molar-refractivity contribution is -0.175. The molecule has 1 saturated carbocycles. The fourth-order valence-electron chi connectivity index (χ4n) is 5.69. The van der Waals surface area contributed by atoms with Gasteiger partial charge in [0.15, 0.2) is 17.5 Å². The summed E-state index contributed by atoms with van der Waals surface area (Å²) in [6.45, 7) is 2.94. The molecule has 0 radical (unpaired) electrons. The molecular weight excluding hydrogens is 492 g/mol. The van der Waals surface area contributed by atoms with Crippen molar-refractivity contribution in [2.45, 2.75) is 50.4 Å². The number of piperidine rings is 2. The van der Waals surface area contributed by atoms with Crippen molar-refractivity contribution in [1.29, 1.82) is 0 Å². The Kier molecular flexibility index (Phi) is 5.20. The first kappa shape index (κ1) is 23.1. The lowest BCUT2D eigenvalue weighted by Gasteiger charge is -2.53. The maximum absolute atomic E-state index is 14.6. The van der Waals surface area contributed by atoms with Crippen molar-refractivity contribution >= 4 is 12.0 Å². The number of benzene rings is 1. The molecule has 14 heteroatoms. The number of nitrogens with zero attached hydrogens (tertiary/aromatic N) is 6. The Morgan fingerprint density at radius 2 is 1.78 bits per heavy atom. The van der Waals surface area contributed by atoms with Gasteiger partial charge in [-0.3, -0.25) is 0 Å². The number of fused-ring (bicyclic) bond motifs is 3. The van der Waals surface area contributed by atoms with Gasteiger partial charge in [-0.1, -0.05) is 11.2 Å². The third kappa shape index (κ3) is 3.68. The van der Waals surface area contributed by atoms with E-state index in [0.717, 1.165) is 23.2 Å². The SMILES string of the molecule is Cc1nnc(N2C[C@H]3C[C@@H](C2)C3Nc2nc3n(n2)C(C(F)(F)F)CCC3c2ccc(F)c(F)c2F)o1. The molecule has 0 spiro atoms. The normalized spacial score (nSPS) is 27.5. The van der Waals surface area contributed by atoms with Crippen LogP contribution in [0.25, 0.3) is 0 Å². The quantitative estimate of drug-likeness (QED) is 0.410. The van der Waals surface area contributed by atoms with E-state index >= 15 is 0 Å². The van der Waals surface area contributed by atoms with E-state index in [9.17, 15) is 26.3 Å². The van der Waals surface area contributed by atoms with Crippen LogP contribution in [0.2, 0.25) is 0 Å². The van der Waals surface area contributed by atoms with Crippen molar-refractivity contribution in [2.24, 2.45) is 11.8 Å². The second-order valence-corrected chi connectivity index (χ2v) is 9.62. The van der Waals surface area contributed by atoms with E-state index < -0.39 is 42.0 Å². The zero-order chi connectivity index (χ0) is 25.4. The summed E-state index contributed by atoms with van der Waals surface area (Å²) in [6.07, 6.45) is -4.22. The Balaban J connectivity index is 1.27. The van der Waals surface area contributed by atoms with E-state index in [-0.39, 0.29) is 41.6 Å². The van der Waals surface area contributed by atoms with Gasteiger partial charge in [-0.15, -0.1) is 10.2 Å². The Labute approximate surface area is 200 Å². The average Bonchev–Trinajstić information content (AvgIpc) is 3.46. The topological polar surface area (TPSA) is 84.9 Å². The van der Waals surface area contributed by atoms with Crippen LogP contribution in [-0.2, 0) is 0 Å². The Hall–Kier alpha value is -3.32. The van der Waals surface area contributed by atoms with Crippen molar-refractivity contribution < 1.29 is 30.8 Å². The van der Waals surface area contributed by atoms with E-state index in [1.807, 2.05) is 4.90 Å². The first-order chi connectivity index (χ1) is 17.1. The zero-order valence-corrected chi connectivity index (χ0v) is 18.9. The molecule has 8 nitrogen and oxygen atoms in total. The standard InChI is InChI=1S/C22H21F6N7O/c1-9-31-32-21(36-9)34-7-10-6-11(8-34)18(10)29-20-30-19-13(12-2-4-14(23)17(25)16(12)24)3-5-15(22(26,27)28)35(19)33-20/h2,4,10-11,13,15,18H,3,5-8H2,1H3,(H,29,33)/t10-,11+,13?,15?,18?. The first-order valence-electron chi connectivity index (χ1n) is 11.6. The predicted octanol–water partition coefficient (Wildman–Crippen LogP) is 4.35. The van der Waals surface area contributed by atoms with Crippen LogP contribution in [0.4, 0.5) is 38.3 Å². The number of rotatable bonds is 4. The van der Waals surface area contributed by atoms with E-state index in [1.54, 1.807) is 6.92 Å². The molecule has 2 bridgehead atoms. The zero-order valence-electron chi connectivity index (χ0n) is 18.9. The summed E-state index contributed by atoms with van der Waals surface area (Å²) in [5, 5.41) is 15.1. The number of anilines is 2. The van der Waals surface area contributed by atoms with Gasteiger partial charge in [-0.25, -0.2) is 17.9 Å². The molecule has 3 aliphatic heterocycles. The van der Waals surface area contributed by atoms with Crippen molar-refractivity contribution in [3.05, 3.63) is 46.9 Å². The highest BCUT2D eigenvalue weighted by atomic mass is 19.4. The summed E-state index contributed by atoms with van der Waals surface area (Å²) in [7, 11) is 0. The van der Waals surface area contributed by atoms with Gasteiger partial charge in [0.1, 0.15) is 11.9 Å². The van der Waals surface area contributed by atoms with Crippen LogP contribution < -0.4 is 10.2 Å². The summed E-state index contributed by atoms with van der Waals surface area (Å²) < 4.78 is 89.5. The van der Waals surface area contributed by atoms with Gasteiger partial charge in [-0.2, -0.15) is 18.2 Å². The first-order valence-corrected chi connectivity index (χ1v) is 11.6. The lowest BCUT2D eigenvalue weighted by atomic mass is 9.66. The number of nitrogens with one attached hydrogen (secondary N) is 1. The van der Waals surface area contributed by atoms with Crippen LogP contribution in [-0.4, -0.2) is 50.3 Å². The van der Waals surface area contributed by atoms with Crippen molar-refractivity contribution in [3.8, 4) is 0 Å². The summed E-state index contributed by atoms with van der Waals surface area (Å²) >= 11 is 0. The molecule has 1 aromatic carbocycles. The molecule has 5 atom stereocenters. The third-order valence-corrected chi connectivity index (χ3v) is 7.42. The van der Waals surface area contributed by atoms with E-state index in [2.05, 4.69) is 25.6 Å². The van der Waals surface area contributed by atoms with E-state index in [1.165, 1.54) is 0 Å². The summed E-state index contributed by atoms with van der Waals surface area (Å²) in [4.78, 5) is 6.27. The number of halogens is 6. The van der Waals surface area contributed by atoms with Crippen molar-refractivity contribution in [3.63, 3.8) is 0 Å². The molecule has 3 unspecified atom stereocenters. The highest BCUT2D eigenvalue weighted by molar-refractivity contribution is 5.37. The molecule has 1 aliphatic carbocycles. The molecule has 2 saturated heterocycles. The third-order valence-electron chi connectivity index (χ3n) is 7.42. The number of aromatic nitrogens is 5. The monoisotopic (exact) mass is 513 g/mol. The van der Waals surface area contributed by atoms with Gasteiger partial charge >= 0.3 is 12.2 Å². The van der Waals surface area contributed by atoms with Gasteiger partial charge in [0.05, 0.1) is 0 Å². The molecule has 0 amide bonds. The predicted molar refractivity (Wildman–Crippen MR) is 113 cm³/mol. The van der Waals surface area contributed by atoms with E-state index in [0.29, 0.717) is 25.0 Å². The molecule has 5 heterocycles. The van der Waals surface area contributed by atoms with Crippen molar-refractivity contribution in [1.82, 2.24) is 25.0 Å². The molecule has 1 N–H and O–H groups in total. The summed E-state index contributed by atoms with van der Waals surface area (Å²) in [5.74, 6) is -4.83. The van der Waals surface area contributed by atoms with Crippen LogP contribution >= 0.6 is 0 Å². The van der Waals surface area contributed by atoms with Crippen LogP contribution in [0.15, 0.2) is 16.5 Å². The Bertz CT molecular complexity index is 1290. The maximum Gasteiger partial charge on any atom is 0.410 e. The number of hydrogen-bond donors (Lipinski definition) is 1. The second-order valence-electron chi connectivity index (χ2n) is 9.62. The molecule has 192 valence electrons. The van der Waals surface area contributed by atoms with Crippen LogP contribution in [0.1, 0.15) is 48.5 Å². The molecule has 2 aromatic heterocycles. The second kappa shape index (κ2) is 8.10. The molecule has 3 aromatic rings. The highest BCUT2D eigenvalue weighted by Gasteiger charge is 2.50. The molecule has 7 rings (SSSR count). The fraction of sp³-hybridized carbons (Fsp3) is 0.545. The molecule has 4 aliphatic rings. The molecule has 3 fully saturated rings. The average molecular weight is 513 g/mol. The van der Waals surface area contributed by atoms with E-state index in [4.69, 9.17) is 4.42 Å². The van der Waals surface area contributed by atoms with Gasteiger partial charge in [-0.05, 0) is 37.2 Å². The minimum absolute atomic E-state index is 0.00377. The number of aryl methyl sites for hydroxylation is 1. The summed E-state index contributed by atoms with van der Waals surface area (Å²) in [6, 6.07) is 0.216. The fourth-order valence-corrected chi connectivity index (χ4v) is 5.69. The van der Waals surface area contributed by atoms with Crippen molar-refractivity contribution in [2.75, 3.05) is 23.3 Å². The summed E-state index contributed by atoms with van der Waals surface area (Å²) in [5.41, 5.74) is -0.249. The smallest absolute Gasteiger partial charge is 0.408 e. The molecule has 36 heavy (non-hydrogen) atoms. The maximum atomic E-state index is 14.6. The lowest BCUT2D eigenvalue weighted by Crippen LogP contribution is -2.61. The number of hydrogen-bond acceptors (Lipinski definition) is 7. The molecular formula is C22H21F6N7O. The minimum Gasteiger partial charge on any atom is -0.408 e. The van der Waals surface area contributed by atoms with Gasteiger partial charge in [0.2, 0.25) is 11.8 Å². The number of alkyl halides is 3. The van der Waals surface area contributed by atoms with Gasteiger partial charge < -0.3 is 14.6 Å². The van der Waals surface area contributed by atoms with Gasteiger partial charge in [0.25, 0.3) is 0 Å².